The Morgan fingerprint density at radius 2 is 2.10 bits per heavy atom. The first kappa shape index (κ1) is 13.3. The summed E-state index contributed by atoms with van der Waals surface area (Å²) in [5.41, 5.74) is 5.20. The van der Waals surface area contributed by atoms with E-state index in [0.717, 1.165) is 24.8 Å². The lowest BCUT2D eigenvalue weighted by atomic mass is 9.97. The van der Waals surface area contributed by atoms with Crippen LogP contribution in [-0.2, 0) is 10.8 Å². The monoisotopic (exact) mass is 298 g/mol. The molecule has 0 saturated carbocycles. The van der Waals surface area contributed by atoms with Crippen molar-refractivity contribution in [2.45, 2.75) is 44.5 Å². The summed E-state index contributed by atoms with van der Waals surface area (Å²) in [6, 6.07) is 10.1. The molecule has 2 aromatic rings. The van der Waals surface area contributed by atoms with Gasteiger partial charge < -0.3 is 4.74 Å². The van der Waals surface area contributed by atoms with Crippen molar-refractivity contribution in [1.29, 1.82) is 0 Å². The number of aromatic amines is 1. The number of benzene rings is 1. The summed E-state index contributed by atoms with van der Waals surface area (Å²) in [6.45, 7) is 5.77. The van der Waals surface area contributed by atoms with E-state index in [4.69, 9.17) is 4.74 Å². The molecule has 3 heterocycles. The largest absolute Gasteiger partial charge is 0.372 e. The van der Waals surface area contributed by atoms with Gasteiger partial charge in [0.2, 0.25) is 0 Å². The van der Waals surface area contributed by atoms with E-state index in [9.17, 15) is 0 Å². The number of ether oxygens (including phenoxy) is 1. The predicted octanol–water partition coefficient (Wildman–Crippen LogP) is 3.33. The lowest BCUT2D eigenvalue weighted by Gasteiger charge is -2.31. The van der Waals surface area contributed by atoms with E-state index in [0.29, 0.717) is 0 Å². The molecule has 0 amide bonds. The molecule has 1 N–H and O–H groups in total. The summed E-state index contributed by atoms with van der Waals surface area (Å²) in [5, 5.41) is 9.55. The molecular formula is C17H22N2OSi. The molecule has 0 spiro atoms. The van der Waals surface area contributed by atoms with Crippen LogP contribution in [0.25, 0.3) is 11.1 Å². The second kappa shape index (κ2) is 4.82. The van der Waals surface area contributed by atoms with Crippen molar-refractivity contribution in [3.63, 3.8) is 0 Å². The Hall–Kier alpha value is -1.39. The summed E-state index contributed by atoms with van der Waals surface area (Å²) in [4.78, 5) is 0. The number of hydrogen-bond donors (Lipinski definition) is 1. The molecule has 21 heavy (non-hydrogen) atoms. The molecule has 3 nitrogen and oxygen atoms in total. The zero-order chi connectivity index (χ0) is 14.4. The first-order valence-corrected chi connectivity index (χ1v) is 11.2. The van der Waals surface area contributed by atoms with E-state index < -0.39 is 8.07 Å². The van der Waals surface area contributed by atoms with Crippen molar-refractivity contribution in [3.05, 3.63) is 35.7 Å². The van der Waals surface area contributed by atoms with E-state index in [1.165, 1.54) is 29.7 Å². The van der Waals surface area contributed by atoms with Crippen LogP contribution in [0.15, 0.2) is 24.3 Å². The Kier molecular flexibility index (Phi) is 3.05. The lowest BCUT2D eigenvalue weighted by molar-refractivity contribution is 0.0126. The van der Waals surface area contributed by atoms with Gasteiger partial charge in [-0.2, -0.15) is 5.10 Å². The predicted molar refractivity (Wildman–Crippen MR) is 87.4 cm³/mol. The van der Waals surface area contributed by atoms with E-state index in [-0.39, 0.29) is 6.10 Å². The Morgan fingerprint density at radius 3 is 2.90 bits per heavy atom. The topological polar surface area (TPSA) is 37.9 Å². The van der Waals surface area contributed by atoms with Crippen LogP contribution in [0.3, 0.4) is 0 Å². The van der Waals surface area contributed by atoms with Gasteiger partial charge in [-0.1, -0.05) is 42.5 Å². The molecule has 1 fully saturated rings. The number of nitrogens with one attached hydrogen (secondary N) is 1. The van der Waals surface area contributed by atoms with Crippen molar-refractivity contribution in [2.24, 2.45) is 0 Å². The molecule has 0 aliphatic carbocycles. The second-order valence-electron chi connectivity index (χ2n) is 6.92. The van der Waals surface area contributed by atoms with Crippen molar-refractivity contribution in [2.75, 3.05) is 6.61 Å². The molecule has 1 unspecified atom stereocenters. The minimum absolute atomic E-state index is 0.176. The van der Waals surface area contributed by atoms with Crippen LogP contribution in [0.5, 0.6) is 0 Å². The van der Waals surface area contributed by atoms with Crippen molar-refractivity contribution >= 4 is 13.3 Å². The van der Waals surface area contributed by atoms with Crippen LogP contribution in [0.1, 0.15) is 36.8 Å². The van der Waals surface area contributed by atoms with Gasteiger partial charge >= 0.3 is 0 Å². The van der Waals surface area contributed by atoms with Gasteiger partial charge in [-0.25, -0.2) is 0 Å². The van der Waals surface area contributed by atoms with Crippen LogP contribution < -0.4 is 5.19 Å². The summed E-state index contributed by atoms with van der Waals surface area (Å²) in [7, 11) is -1.41. The third kappa shape index (κ3) is 2.09. The van der Waals surface area contributed by atoms with Gasteiger partial charge in [0.1, 0.15) is 6.10 Å². The molecular weight excluding hydrogens is 276 g/mol. The molecule has 1 aromatic carbocycles. The Morgan fingerprint density at radius 1 is 1.24 bits per heavy atom. The average molecular weight is 298 g/mol. The maximum Gasteiger partial charge on any atom is 0.102 e. The van der Waals surface area contributed by atoms with Crippen molar-refractivity contribution in [1.82, 2.24) is 10.2 Å². The molecule has 1 saturated heterocycles. The summed E-state index contributed by atoms with van der Waals surface area (Å²) in [5.74, 6) is 0. The standard InChI is InChI=1S/C17H22N2OSi/c1-21(2)11-13-16(12-7-3-4-9-15(12)21)17(19-18-13)14-8-5-6-10-20-14/h3-4,7,9,14H,5-6,8,10-11H2,1-2H3,(H,18,19). The number of aromatic nitrogens is 2. The van der Waals surface area contributed by atoms with E-state index >= 15 is 0 Å². The highest BCUT2D eigenvalue weighted by molar-refractivity contribution is 6.90. The quantitative estimate of drug-likeness (QED) is 0.820. The fourth-order valence-electron chi connectivity index (χ4n) is 3.84. The smallest absolute Gasteiger partial charge is 0.102 e. The highest BCUT2D eigenvalue weighted by Crippen LogP contribution is 2.39. The summed E-state index contributed by atoms with van der Waals surface area (Å²) in [6.07, 6.45) is 3.70. The number of fused-ring (bicyclic) bond motifs is 3. The maximum atomic E-state index is 5.98. The SMILES string of the molecule is C[Si]1(C)Cc2[nH]nc(C3CCCCO3)c2-c2ccccc21. The lowest BCUT2D eigenvalue weighted by Crippen LogP contribution is -2.47. The van der Waals surface area contributed by atoms with Gasteiger partial charge in [0.15, 0.2) is 0 Å². The number of rotatable bonds is 1. The normalized spacial score (nSPS) is 23.4. The van der Waals surface area contributed by atoms with Gasteiger partial charge in [-0.15, -0.1) is 0 Å². The molecule has 2 aliphatic heterocycles. The molecule has 4 heteroatoms. The number of H-pyrrole nitrogens is 1. The fourth-order valence-corrected chi connectivity index (χ4v) is 6.66. The van der Waals surface area contributed by atoms with E-state index in [2.05, 4.69) is 47.6 Å². The van der Waals surface area contributed by atoms with Crippen molar-refractivity contribution in [3.8, 4) is 11.1 Å². The Labute approximate surface area is 126 Å². The van der Waals surface area contributed by atoms with Crippen LogP contribution in [0.2, 0.25) is 13.1 Å². The highest BCUT2D eigenvalue weighted by atomic mass is 28.3. The molecule has 4 rings (SSSR count). The van der Waals surface area contributed by atoms with Crippen molar-refractivity contribution < 1.29 is 4.74 Å². The maximum absolute atomic E-state index is 5.98. The Balaban J connectivity index is 1.86. The molecule has 0 bridgehead atoms. The minimum Gasteiger partial charge on any atom is -0.372 e. The third-order valence-electron chi connectivity index (χ3n) is 4.90. The van der Waals surface area contributed by atoms with Gasteiger partial charge in [0.25, 0.3) is 0 Å². The van der Waals surface area contributed by atoms with Gasteiger partial charge in [0, 0.05) is 17.9 Å². The first-order valence-electron chi connectivity index (χ1n) is 7.95. The highest BCUT2D eigenvalue weighted by Gasteiger charge is 2.36. The zero-order valence-electron chi connectivity index (χ0n) is 12.8. The number of hydrogen-bond acceptors (Lipinski definition) is 2. The average Bonchev–Trinajstić information content (AvgIpc) is 2.91. The fraction of sp³-hybridized carbons (Fsp3) is 0.471. The van der Waals surface area contributed by atoms with Crippen LogP contribution in [-0.4, -0.2) is 24.9 Å². The minimum atomic E-state index is -1.41. The Bertz CT molecular complexity index is 671. The van der Waals surface area contributed by atoms with Gasteiger partial charge in [-0.3, -0.25) is 5.10 Å². The molecule has 0 radical (unpaired) electrons. The summed E-state index contributed by atoms with van der Waals surface area (Å²) < 4.78 is 5.98. The molecule has 2 aliphatic rings. The van der Waals surface area contributed by atoms with E-state index in [1.54, 1.807) is 5.19 Å². The molecule has 110 valence electrons. The first-order chi connectivity index (χ1) is 10.2. The third-order valence-corrected chi connectivity index (χ3v) is 8.03. The van der Waals surface area contributed by atoms with Crippen LogP contribution in [0, 0.1) is 0 Å². The van der Waals surface area contributed by atoms with Gasteiger partial charge in [-0.05, 0) is 30.9 Å². The second-order valence-corrected chi connectivity index (χ2v) is 11.6. The van der Waals surface area contributed by atoms with E-state index in [1.807, 2.05) is 0 Å². The summed E-state index contributed by atoms with van der Waals surface area (Å²) >= 11 is 0. The van der Waals surface area contributed by atoms with Crippen LogP contribution >= 0.6 is 0 Å². The zero-order valence-corrected chi connectivity index (χ0v) is 13.8. The molecule has 1 aromatic heterocycles. The number of nitrogens with zero attached hydrogens (tertiary/aromatic N) is 1. The van der Waals surface area contributed by atoms with Crippen LogP contribution in [0.4, 0.5) is 0 Å². The van der Waals surface area contributed by atoms with Gasteiger partial charge in [0.05, 0.1) is 13.8 Å². The molecule has 1 atom stereocenters.